The zero-order valence-electron chi connectivity index (χ0n) is 14.6. The fourth-order valence-electron chi connectivity index (χ4n) is 2.45. The van der Waals surface area contributed by atoms with Crippen molar-refractivity contribution in [3.05, 3.63) is 82.8 Å². The van der Waals surface area contributed by atoms with E-state index < -0.39 is 25.8 Å². The summed E-state index contributed by atoms with van der Waals surface area (Å²) in [5.74, 6) is -1.13. The summed E-state index contributed by atoms with van der Waals surface area (Å²) >= 11 is 3.24. The number of carboxylic acids is 1. The van der Waals surface area contributed by atoms with E-state index in [4.69, 9.17) is 5.11 Å². The van der Waals surface area contributed by atoms with Crippen molar-refractivity contribution in [1.82, 2.24) is 0 Å². The average molecular weight is 496 g/mol. The van der Waals surface area contributed by atoms with Crippen LogP contribution in [0.15, 0.2) is 92.0 Å². The molecular weight excluding hydrogens is 482 g/mol. The molecule has 2 N–H and O–H groups in total. The predicted octanol–water partition coefficient (Wildman–Crippen LogP) is 3.78. The van der Waals surface area contributed by atoms with E-state index in [-0.39, 0.29) is 25.9 Å². The second kappa shape index (κ2) is 7.97. The van der Waals surface area contributed by atoms with Crippen LogP contribution in [0.5, 0.6) is 0 Å². The molecular formula is C19H14BrNO6S2. The summed E-state index contributed by atoms with van der Waals surface area (Å²) in [6, 6.07) is 16.1. The van der Waals surface area contributed by atoms with Gasteiger partial charge in [0.05, 0.1) is 20.2 Å². The number of carboxylic acid groups (broad SMARTS) is 1. The Balaban J connectivity index is 1.93. The number of aromatic carboxylic acids is 1. The van der Waals surface area contributed by atoms with Gasteiger partial charge in [-0.15, -0.1) is 0 Å². The van der Waals surface area contributed by atoms with Crippen molar-refractivity contribution in [2.45, 2.75) is 14.7 Å². The lowest BCUT2D eigenvalue weighted by molar-refractivity contribution is 0.0697. The maximum Gasteiger partial charge on any atom is 0.335 e. The minimum Gasteiger partial charge on any atom is -0.478 e. The van der Waals surface area contributed by atoms with Gasteiger partial charge in [-0.1, -0.05) is 22.0 Å². The average Bonchev–Trinajstić information content (AvgIpc) is 2.68. The third-order valence-electron chi connectivity index (χ3n) is 3.93. The van der Waals surface area contributed by atoms with Gasteiger partial charge in [-0.05, 0) is 66.7 Å². The number of sulfonamides is 1. The summed E-state index contributed by atoms with van der Waals surface area (Å²) in [6.45, 7) is 0. The minimum atomic E-state index is -4.09. The molecule has 10 heteroatoms. The van der Waals surface area contributed by atoms with Gasteiger partial charge in [-0.25, -0.2) is 21.6 Å². The summed E-state index contributed by atoms with van der Waals surface area (Å²) in [7, 11) is -7.99. The molecule has 0 amide bonds. The summed E-state index contributed by atoms with van der Waals surface area (Å²) in [5, 5.41) is 8.90. The molecule has 0 spiro atoms. The first-order valence-electron chi connectivity index (χ1n) is 8.06. The molecule has 0 aliphatic heterocycles. The van der Waals surface area contributed by atoms with Crippen molar-refractivity contribution in [1.29, 1.82) is 0 Å². The lowest BCUT2D eigenvalue weighted by atomic mass is 10.2. The zero-order chi connectivity index (χ0) is 21.2. The smallest absolute Gasteiger partial charge is 0.335 e. The van der Waals surface area contributed by atoms with Gasteiger partial charge >= 0.3 is 5.97 Å². The Bertz CT molecular complexity index is 1270. The number of halogens is 1. The summed E-state index contributed by atoms with van der Waals surface area (Å²) < 4.78 is 53.9. The Morgan fingerprint density at radius 3 is 1.97 bits per heavy atom. The summed E-state index contributed by atoms with van der Waals surface area (Å²) in [5.41, 5.74) is 0.159. The van der Waals surface area contributed by atoms with Crippen LogP contribution in [0.3, 0.4) is 0 Å². The van der Waals surface area contributed by atoms with Crippen LogP contribution in [0.2, 0.25) is 0 Å². The number of benzene rings is 3. The second-order valence-corrected chi connectivity index (χ2v) is 10.5. The molecule has 0 saturated heterocycles. The van der Waals surface area contributed by atoms with Crippen LogP contribution in [0.4, 0.5) is 5.69 Å². The summed E-state index contributed by atoms with van der Waals surface area (Å²) in [6.07, 6.45) is 0. The summed E-state index contributed by atoms with van der Waals surface area (Å²) in [4.78, 5) is 10.5. The Hall–Kier alpha value is -2.69. The molecule has 0 aliphatic rings. The molecule has 3 rings (SSSR count). The van der Waals surface area contributed by atoms with Crippen molar-refractivity contribution in [3.8, 4) is 0 Å². The molecule has 0 bridgehead atoms. The number of nitrogens with one attached hydrogen (secondary N) is 1. The molecule has 0 unspecified atom stereocenters. The third kappa shape index (κ3) is 4.66. The second-order valence-electron chi connectivity index (χ2n) is 5.92. The lowest BCUT2D eigenvalue weighted by Crippen LogP contribution is -2.14. The Kier molecular flexibility index (Phi) is 5.78. The van der Waals surface area contributed by atoms with E-state index in [1.165, 1.54) is 54.6 Å². The van der Waals surface area contributed by atoms with Crippen LogP contribution < -0.4 is 4.72 Å². The standard InChI is InChI=1S/C19H14BrNO6S2/c20-14-6-10-16(11-7-14)28(24,25)17-2-1-3-18(12-17)29(26,27)21-15-8-4-13(5-9-15)19(22)23/h1-12,21H,(H,22,23). The first kappa shape index (κ1) is 21.0. The highest BCUT2D eigenvalue weighted by molar-refractivity contribution is 9.10. The Morgan fingerprint density at radius 1 is 0.793 bits per heavy atom. The molecule has 3 aromatic rings. The molecule has 0 saturated carbocycles. The molecule has 29 heavy (non-hydrogen) atoms. The van der Waals surface area contributed by atoms with E-state index in [1.807, 2.05) is 0 Å². The highest BCUT2D eigenvalue weighted by Gasteiger charge is 2.21. The van der Waals surface area contributed by atoms with Gasteiger partial charge in [0.15, 0.2) is 0 Å². The Labute approximate surface area is 176 Å². The number of rotatable bonds is 6. The zero-order valence-corrected chi connectivity index (χ0v) is 17.8. The first-order valence-corrected chi connectivity index (χ1v) is 11.8. The van der Waals surface area contributed by atoms with E-state index in [0.29, 0.717) is 4.47 Å². The highest BCUT2D eigenvalue weighted by Crippen LogP contribution is 2.25. The molecule has 0 aliphatic carbocycles. The maximum atomic E-state index is 12.8. The molecule has 0 fully saturated rings. The SMILES string of the molecule is O=C(O)c1ccc(NS(=O)(=O)c2cccc(S(=O)(=O)c3ccc(Br)cc3)c2)cc1. The highest BCUT2D eigenvalue weighted by atomic mass is 79.9. The molecule has 7 nitrogen and oxygen atoms in total. The number of hydrogen-bond donors (Lipinski definition) is 2. The van der Waals surface area contributed by atoms with Crippen molar-refractivity contribution >= 4 is 47.4 Å². The molecule has 0 atom stereocenters. The number of sulfone groups is 1. The van der Waals surface area contributed by atoms with Crippen LogP contribution in [0.25, 0.3) is 0 Å². The first-order chi connectivity index (χ1) is 13.6. The minimum absolute atomic E-state index is 0.00976. The van der Waals surface area contributed by atoms with E-state index in [2.05, 4.69) is 20.7 Å². The van der Waals surface area contributed by atoms with Crippen LogP contribution in [-0.4, -0.2) is 27.9 Å². The monoisotopic (exact) mass is 495 g/mol. The molecule has 0 heterocycles. The quantitative estimate of drug-likeness (QED) is 0.537. The number of anilines is 1. The van der Waals surface area contributed by atoms with Gasteiger partial charge in [-0.2, -0.15) is 0 Å². The maximum absolute atomic E-state index is 12.8. The Morgan fingerprint density at radius 2 is 1.38 bits per heavy atom. The largest absolute Gasteiger partial charge is 0.478 e. The van der Waals surface area contributed by atoms with Gasteiger partial charge in [0.25, 0.3) is 10.0 Å². The van der Waals surface area contributed by atoms with Crippen LogP contribution in [0, 0.1) is 0 Å². The normalized spacial score (nSPS) is 11.8. The molecule has 3 aromatic carbocycles. The molecule has 0 aromatic heterocycles. The van der Waals surface area contributed by atoms with Gasteiger partial charge in [0.2, 0.25) is 9.84 Å². The fourth-order valence-corrected chi connectivity index (χ4v) is 5.20. The molecule has 0 radical (unpaired) electrons. The van der Waals surface area contributed by atoms with Gasteiger partial charge in [0, 0.05) is 10.2 Å². The van der Waals surface area contributed by atoms with Gasteiger partial charge in [0.1, 0.15) is 0 Å². The van der Waals surface area contributed by atoms with Crippen LogP contribution in [-0.2, 0) is 19.9 Å². The lowest BCUT2D eigenvalue weighted by Gasteiger charge is -2.10. The van der Waals surface area contributed by atoms with E-state index in [1.54, 1.807) is 12.1 Å². The third-order valence-corrected chi connectivity index (χ3v) is 7.61. The van der Waals surface area contributed by atoms with Gasteiger partial charge in [-0.3, -0.25) is 4.72 Å². The van der Waals surface area contributed by atoms with Crippen molar-refractivity contribution in [2.75, 3.05) is 4.72 Å². The predicted molar refractivity (Wildman–Crippen MR) is 110 cm³/mol. The van der Waals surface area contributed by atoms with Crippen molar-refractivity contribution in [3.63, 3.8) is 0 Å². The van der Waals surface area contributed by atoms with E-state index >= 15 is 0 Å². The fraction of sp³-hybridized carbons (Fsp3) is 0. The van der Waals surface area contributed by atoms with E-state index in [9.17, 15) is 21.6 Å². The number of carbonyl (C=O) groups is 1. The van der Waals surface area contributed by atoms with Crippen molar-refractivity contribution < 1.29 is 26.7 Å². The topological polar surface area (TPSA) is 118 Å². The molecule has 150 valence electrons. The van der Waals surface area contributed by atoms with Crippen LogP contribution in [0.1, 0.15) is 10.4 Å². The van der Waals surface area contributed by atoms with E-state index in [0.717, 1.165) is 6.07 Å². The van der Waals surface area contributed by atoms with Crippen molar-refractivity contribution in [2.24, 2.45) is 0 Å². The van der Waals surface area contributed by atoms with Gasteiger partial charge < -0.3 is 5.11 Å². The number of hydrogen-bond acceptors (Lipinski definition) is 5. The van der Waals surface area contributed by atoms with Crippen LogP contribution >= 0.6 is 15.9 Å².